The summed E-state index contributed by atoms with van der Waals surface area (Å²) in [4.78, 5) is 17.9. The van der Waals surface area contributed by atoms with Crippen molar-refractivity contribution in [1.29, 1.82) is 0 Å². The Labute approximate surface area is 107 Å². The van der Waals surface area contributed by atoms with Crippen molar-refractivity contribution in [2.24, 2.45) is 0 Å². The smallest absolute Gasteiger partial charge is 0.254 e. The van der Waals surface area contributed by atoms with Crippen LogP contribution in [0.15, 0.2) is 11.4 Å². The van der Waals surface area contributed by atoms with Crippen LogP contribution in [0, 0.1) is 0 Å². The molecule has 2 heterocycles. The first-order valence-electron chi connectivity index (χ1n) is 6.33. The van der Waals surface area contributed by atoms with Gasteiger partial charge in [-0.25, -0.2) is 0 Å². The molecule has 1 aromatic rings. The molecule has 3 nitrogen and oxygen atoms in total. The van der Waals surface area contributed by atoms with E-state index in [0.29, 0.717) is 0 Å². The summed E-state index contributed by atoms with van der Waals surface area (Å²) in [6.07, 6.45) is 1.02. The summed E-state index contributed by atoms with van der Waals surface area (Å²) >= 11 is 1.69. The summed E-state index contributed by atoms with van der Waals surface area (Å²) in [6.45, 7) is 9.12. The monoisotopic (exact) mass is 252 g/mol. The Hall–Kier alpha value is -0.870. The molecule has 1 fully saturated rings. The van der Waals surface area contributed by atoms with Crippen LogP contribution in [0.4, 0.5) is 0 Å². The number of carbonyl (C=O) groups excluding carboxylic acids is 1. The predicted octanol–water partition coefficient (Wildman–Crippen LogP) is 2.09. The summed E-state index contributed by atoms with van der Waals surface area (Å²) in [5.41, 5.74) is 0.872. The van der Waals surface area contributed by atoms with E-state index in [1.807, 2.05) is 16.3 Å². The number of aryl methyl sites for hydroxylation is 1. The lowest BCUT2D eigenvalue weighted by Crippen LogP contribution is -2.48. The topological polar surface area (TPSA) is 23.6 Å². The molecule has 4 heteroatoms. The number of hydrogen-bond donors (Lipinski definition) is 0. The molecular weight excluding hydrogens is 232 g/mol. The van der Waals surface area contributed by atoms with E-state index < -0.39 is 0 Å². The van der Waals surface area contributed by atoms with Crippen molar-refractivity contribution in [2.45, 2.75) is 20.3 Å². The Morgan fingerprint density at radius 2 is 2.00 bits per heavy atom. The molecule has 94 valence electrons. The van der Waals surface area contributed by atoms with Crippen molar-refractivity contribution >= 4 is 17.2 Å². The third-order valence-corrected chi connectivity index (χ3v) is 4.44. The fourth-order valence-corrected chi connectivity index (χ4v) is 2.94. The molecule has 0 N–H and O–H groups in total. The van der Waals surface area contributed by atoms with E-state index >= 15 is 0 Å². The van der Waals surface area contributed by atoms with Crippen LogP contribution in [0.3, 0.4) is 0 Å². The second-order valence-electron chi connectivity index (χ2n) is 4.38. The maximum absolute atomic E-state index is 12.2. The summed E-state index contributed by atoms with van der Waals surface area (Å²) in [5.74, 6) is 0.205. The van der Waals surface area contributed by atoms with Gasteiger partial charge in [0.25, 0.3) is 5.91 Å². The molecule has 1 amide bonds. The third kappa shape index (κ3) is 2.87. The van der Waals surface area contributed by atoms with Crippen molar-refractivity contribution in [1.82, 2.24) is 9.80 Å². The number of likely N-dealkylation sites (N-methyl/N-ethyl adjacent to an activating group) is 1. The van der Waals surface area contributed by atoms with Gasteiger partial charge in [-0.2, -0.15) is 0 Å². The molecule has 17 heavy (non-hydrogen) atoms. The van der Waals surface area contributed by atoms with Gasteiger partial charge < -0.3 is 9.80 Å². The van der Waals surface area contributed by atoms with E-state index in [0.717, 1.165) is 44.7 Å². The molecule has 0 aliphatic carbocycles. The van der Waals surface area contributed by atoms with Crippen LogP contribution >= 0.6 is 11.3 Å². The minimum atomic E-state index is 0.205. The van der Waals surface area contributed by atoms with Gasteiger partial charge in [-0.05, 0) is 19.0 Å². The van der Waals surface area contributed by atoms with Gasteiger partial charge >= 0.3 is 0 Å². The Balaban J connectivity index is 1.96. The zero-order chi connectivity index (χ0) is 12.3. The van der Waals surface area contributed by atoms with E-state index in [9.17, 15) is 4.79 Å². The fourth-order valence-electron chi connectivity index (χ4n) is 2.13. The lowest BCUT2D eigenvalue weighted by molar-refractivity contribution is 0.0644. The lowest BCUT2D eigenvalue weighted by Gasteiger charge is -2.33. The maximum Gasteiger partial charge on any atom is 0.254 e. The molecule has 0 atom stereocenters. The highest BCUT2D eigenvalue weighted by molar-refractivity contribution is 7.10. The Morgan fingerprint density at radius 1 is 1.29 bits per heavy atom. The first-order chi connectivity index (χ1) is 8.24. The predicted molar refractivity (Wildman–Crippen MR) is 71.7 cm³/mol. The van der Waals surface area contributed by atoms with Gasteiger partial charge in [-0.3, -0.25) is 4.79 Å². The van der Waals surface area contributed by atoms with Crippen molar-refractivity contribution in [3.05, 3.63) is 21.9 Å². The summed E-state index contributed by atoms with van der Waals surface area (Å²) < 4.78 is 0. The first-order valence-corrected chi connectivity index (χ1v) is 7.21. The maximum atomic E-state index is 12.2. The van der Waals surface area contributed by atoms with Crippen LogP contribution in [0.1, 0.15) is 29.1 Å². The molecular formula is C13H20N2OS. The molecule has 1 aliphatic heterocycles. The molecule has 1 aliphatic rings. The number of carbonyl (C=O) groups is 1. The van der Waals surface area contributed by atoms with Gasteiger partial charge in [0.15, 0.2) is 0 Å². The Morgan fingerprint density at radius 3 is 2.53 bits per heavy atom. The van der Waals surface area contributed by atoms with Gasteiger partial charge in [-0.1, -0.05) is 13.8 Å². The summed E-state index contributed by atoms with van der Waals surface area (Å²) in [6, 6.07) is 2.04. The van der Waals surface area contributed by atoms with Gasteiger partial charge in [0, 0.05) is 36.4 Å². The lowest BCUT2D eigenvalue weighted by atomic mass is 10.2. The number of hydrogen-bond acceptors (Lipinski definition) is 3. The highest BCUT2D eigenvalue weighted by Crippen LogP contribution is 2.17. The van der Waals surface area contributed by atoms with Crippen molar-refractivity contribution in [3.63, 3.8) is 0 Å². The SMILES string of the molecule is CCc1cc(C(=O)N2CCN(CC)CC2)cs1. The van der Waals surface area contributed by atoms with Crippen LogP contribution in [0.5, 0.6) is 0 Å². The average molecular weight is 252 g/mol. The summed E-state index contributed by atoms with van der Waals surface area (Å²) in [7, 11) is 0. The molecule has 0 aromatic carbocycles. The fraction of sp³-hybridized carbons (Fsp3) is 0.615. The third-order valence-electron chi connectivity index (χ3n) is 3.36. The minimum Gasteiger partial charge on any atom is -0.336 e. The Bertz CT molecular complexity index is 381. The second kappa shape index (κ2) is 5.65. The number of nitrogens with zero attached hydrogens (tertiary/aromatic N) is 2. The van der Waals surface area contributed by atoms with Crippen LogP contribution < -0.4 is 0 Å². The van der Waals surface area contributed by atoms with Crippen LogP contribution in [0.25, 0.3) is 0 Å². The highest BCUT2D eigenvalue weighted by atomic mass is 32.1. The summed E-state index contributed by atoms with van der Waals surface area (Å²) in [5, 5.41) is 1.99. The molecule has 0 unspecified atom stereocenters. The molecule has 0 spiro atoms. The molecule has 0 saturated carbocycles. The zero-order valence-corrected chi connectivity index (χ0v) is 11.4. The number of rotatable bonds is 3. The Kier molecular flexibility index (Phi) is 4.18. The van der Waals surface area contributed by atoms with Gasteiger partial charge in [0.1, 0.15) is 0 Å². The van der Waals surface area contributed by atoms with Crippen molar-refractivity contribution in [3.8, 4) is 0 Å². The van der Waals surface area contributed by atoms with Crippen molar-refractivity contribution < 1.29 is 4.79 Å². The normalized spacial score (nSPS) is 17.4. The van der Waals surface area contributed by atoms with Crippen LogP contribution in [0.2, 0.25) is 0 Å². The zero-order valence-electron chi connectivity index (χ0n) is 10.6. The van der Waals surface area contributed by atoms with E-state index in [1.165, 1.54) is 4.88 Å². The van der Waals surface area contributed by atoms with Crippen LogP contribution in [-0.2, 0) is 6.42 Å². The first kappa shape index (κ1) is 12.6. The van der Waals surface area contributed by atoms with E-state index in [2.05, 4.69) is 18.7 Å². The van der Waals surface area contributed by atoms with E-state index in [-0.39, 0.29) is 5.91 Å². The van der Waals surface area contributed by atoms with Crippen molar-refractivity contribution in [2.75, 3.05) is 32.7 Å². The van der Waals surface area contributed by atoms with Crippen LogP contribution in [-0.4, -0.2) is 48.4 Å². The molecule has 0 radical (unpaired) electrons. The number of thiophene rings is 1. The van der Waals surface area contributed by atoms with E-state index in [4.69, 9.17) is 0 Å². The molecule has 0 bridgehead atoms. The highest BCUT2D eigenvalue weighted by Gasteiger charge is 2.21. The second-order valence-corrected chi connectivity index (χ2v) is 5.38. The minimum absolute atomic E-state index is 0.205. The van der Waals surface area contributed by atoms with Gasteiger partial charge in [0.2, 0.25) is 0 Å². The van der Waals surface area contributed by atoms with E-state index in [1.54, 1.807) is 11.3 Å². The standard InChI is InChI=1S/C13H20N2OS/c1-3-12-9-11(10-17-12)13(16)15-7-5-14(4-2)6-8-15/h9-10H,3-8H2,1-2H3. The van der Waals surface area contributed by atoms with Gasteiger partial charge in [0.05, 0.1) is 5.56 Å². The number of amides is 1. The van der Waals surface area contributed by atoms with Gasteiger partial charge in [-0.15, -0.1) is 11.3 Å². The molecule has 2 rings (SSSR count). The quantitative estimate of drug-likeness (QED) is 0.822. The molecule has 1 aromatic heterocycles. The molecule has 1 saturated heterocycles. The largest absolute Gasteiger partial charge is 0.336 e. The number of piperazine rings is 1. The average Bonchev–Trinajstić information content (AvgIpc) is 2.87.